The van der Waals surface area contributed by atoms with Crippen LogP contribution in [-0.2, 0) is 6.54 Å². The van der Waals surface area contributed by atoms with Crippen molar-refractivity contribution in [1.29, 1.82) is 0 Å². The molecule has 18 heavy (non-hydrogen) atoms. The highest BCUT2D eigenvalue weighted by molar-refractivity contribution is 7.80. The number of fused-ring (bicyclic) bond motifs is 1. The second-order valence-electron chi connectivity index (χ2n) is 3.72. The summed E-state index contributed by atoms with van der Waals surface area (Å²) >= 11 is 10.5. The van der Waals surface area contributed by atoms with E-state index in [1.165, 1.54) is 0 Å². The number of nitrogens with zero attached hydrogens (tertiary/aromatic N) is 2. The Morgan fingerprint density at radius 2 is 2.28 bits per heavy atom. The van der Waals surface area contributed by atoms with E-state index in [0.29, 0.717) is 5.88 Å². The number of alkyl halides is 1. The van der Waals surface area contributed by atoms with Crippen LogP contribution in [0.4, 0.5) is 0 Å². The summed E-state index contributed by atoms with van der Waals surface area (Å²) in [6.45, 7) is 0.763. The van der Waals surface area contributed by atoms with Crippen LogP contribution in [0.15, 0.2) is 35.6 Å². The Balaban J connectivity index is 2.38. The average Bonchev–Trinajstić information content (AvgIpc) is 2.69. The Hall–Kier alpha value is -1.59. The quantitative estimate of drug-likeness (QED) is 0.390. The van der Waals surface area contributed by atoms with Crippen LogP contribution < -0.4 is 11.2 Å². The van der Waals surface area contributed by atoms with Crippen molar-refractivity contribution in [3.8, 4) is 0 Å². The van der Waals surface area contributed by atoms with Crippen LogP contribution in [0.1, 0.15) is 5.56 Å². The number of benzene rings is 1. The van der Waals surface area contributed by atoms with E-state index in [1.807, 2.05) is 24.4 Å². The Bertz CT molecular complexity index is 591. The van der Waals surface area contributed by atoms with Crippen LogP contribution in [0.3, 0.4) is 0 Å². The molecule has 6 heteroatoms. The second kappa shape index (κ2) is 5.84. The lowest BCUT2D eigenvalue weighted by Gasteiger charge is -2.00. The summed E-state index contributed by atoms with van der Waals surface area (Å²) in [5.41, 5.74) is 9.98. The van der Waals surface area contributed by atoms with Gasteiger partial charge in [0.2, 0.25) is 0 Å². The summed E-state index contributed by atoms with van der Waals surface area (Å²) < 4.78 is 2.10. The van der Waals surface area contributed by atoms with Gasteiger partial charge in [-0.3, -0.25) is 5.43 Å². The molecule has 0 amide bonds. The number of nitrogens with one attached hydrogen (secondary N) is 1. The van der Waals surface area contributed by atoms with E-state index in [9.17, 15) is 0 Å². The smallest absolute Gasteiger partial charge is 0.184 e. The van der Waals surface area contributed by atoms with Crippen molar-refractivity contribution in [1.82, 2.24) is 9.99 Å². The lowest BCUT2D eigenvalue weighted by molar-refractivity contribution is 0.803. The molecule has 0 aliphatic heterocycles. The van der Waals surface area contributed by atoms with Crippen molar-refractivity contribution in [3.63, 3.8) is 0 Å². The lowest BCUT2D eigenvalue weighted by atomic mass is 10.2. The standard InChI is InChI=1S/C12H13ClN4S/c13-5-6-17-8-9(7-15-16-12(14)18)10-3-1-2-4-11(10)17/h1-4,7-8H,5-6H2,(H3,14,16,18)/b15-7+. The molecule has 0 bridgehead atoms. The third-order valence-corrected chi connectivity index (χ3v) is 2.78. The molecular weight excluding hydrogens is 268 g/mol. The van der Waals surface area contributed by atoms with Gasteiger partial charge in [0.05, 0.1) is 6.21 Å². The van der Waals surface area contributed by atoms with Gasteiger partial charge in [-0.25, -0.2) is 0 Å². The summed E-state index contributed by atoms with van der Waals surface area (Å²) in [5, 5.41) is 5.25. The average molecular weight is 281 g/mol. The van der Waals surface area contributed by atoms with E-state index in [1.54, 1.807) is 6.21 Å². The van der Waals surface area contributed by atoms with Crippen LogP contribution in [0.5, 0.6) is 0 Å². The summed E-state index contributed by atoms with van der Waals surface area (Å²) in [4.78, 5) is 0. The summed E-state index contributed by atoms with van der Waals surface area (Å²) in [6.07, 6.45) is 3.71. The topological polar surface area (TPSA) is 55.3 Å². The Morgan fingerprint density at radius 1 is 1.50 bits per heavy atom. The minimum atomic E-state index is 0.149. The molecule has 1 aromatic carbocycles. The fourth-order valence-electron chi connectivity index (χ4n) is 1.82. The molecule has 0 atom stereocenters. The fourth-order valence-corrected chi connectivity index (χ4v) is 2.05. The third kappa shape index (κ3) is 2.80. The first-order valence-electron chi connectivity index (χ1n) is 5.44. The Kier molecular flexibility index (Phi) is 4.17. The van der Waals surface area contributed by atoms with E-state index < -0.39 is 0 Å². The molecular formula is C12H13ClN4S. The minimum Gasteiger partial charge on any atom is -0.375 e. The fraction of sp³-hybridized carbons (Fsp3) is 0.167. The number of nitrogens with two attached hydrogens (primary N) is 1. The van der Waals surface area contributed by atoms with Crippen molar-refractivity contribution in [2.24, 2.45) is 10.8 Å². The maximum absolute atomic E-state index is 5.79. The predicted octanol–water partition coefficient (Wildman–Crippen LogP) is 2.05. The third-order valence-electron chi connectivity index (χ3n) is 2.52. The molecule has 0 aliphatic carbocycles. The number of hydrogen-bond donors (Lipinski definition) is 2. The number of hydrogen-bond acceptors (Lipinski definition) is 2. The van der Waals surface area contributed by atoms with Gasteiger partial charge in [-0.05, 0) is 18.3 Å². The summed E-state index contributed by atoms with van der Waals surface area (Å²) in [5.74, 6) is 0.570. The number of aromatic nitrogens is 1. The van der Waals surface area contributed by atoms with E-state index >= 15 is 0 Å². The van der Waals surface area contributed by atoms with Crippen molar-refractivity contribution in [2.45, 2.75) is 6.54 Å². The highest BCUT2D eigenvalue weighted by Crippen LogP contribution is 2.19. The molecule has 0 fully saturated rings. The van der Waals surface area contributed by atoms with Gasteiger partial charge in [0, 0.05) is 35.1 Å². The van der Waals surface area contributed by atoms with Crippen molar-refractivity contribution in [3.05, 3.63) is 36.0 Å². The van der Waals surface area contributed by atoms with Gasteiger partial charge in [0.15, 0.2) is 5.11 Å². The van der Waals surface area contributed by atoms with Gasteiger partial charge in [0.1, 0.15) is 0 Å². The molecule has 2 aromatic rings. The highest BCUT2D eigenvalue weighted by atomic mass is 35.5. The van der Waals surface area contributed by atoms with E-state index in [4.69, 9.17) is 17.3 Å². The van der Waals surface area contributed by atoms with Gasteiger partial charge < -0.3 is 10.3 Å². The SMILES string of the molecule is NC(=S)N/N=C/c1cn(CCCl)c2ccccc12. The zero-order valence-electron chi connectivity index (χ0n) is 9.64. The van der Waals surface area contributed by atoms with E-state index in [0.717, 1.165) is 23.0 Å². The first-order valence-corrected chi connectivity index (χ1v) is 6.39. The molecule has 0 unspecified atom stereocenters. The maximum Gasteiger partial charge on any atom is 0.184 e. The van der Waals surface area contributed by atoms with E-state index in [2.05, 4.69) is 33.4 Å². The van der Waals surface area contributed by atoms with Crippen LogP contribution in [0, 0.1) is 0 Å². The zero-order valence-corrected chi connectivity index (χ0v) is 11.2. The minimum absolute atomic E-state index is 0.149. The monoisotopic (exact) mass is 280 g/mol. The highest BCUT2D eigenvalue weighted by Gasteiger charge is 2.05. The molecule has 1 aromatic heterocycles. The number of rotatable bonds is 4. The second-order valence-corrected chi connectivity index (χ2v) is 4.54. The normalized spacial score (nSPS) is 11.2. The number of halogens is 1. The van der Waals surface area contributed by atoms with Gasteiger partial charge in [0.25, 0.3) is 0 Å². The van der Waals surface area contributed by atoms with Crippen molar-refractivity contribution >= 4 is 46.0 Å². The number of hydrazone groups is 1. The molecule has 1 heterocycles. The molecule has 3 N–H and O–H groups in total. The Morgan fingerprint density at radius 3 is 3.00 bits per heavy atom. The largest absolute Gasteiger partial charge is 0.375 e. The molecule has 94 valence electrons. The summed E-state index contributed by atoms with van der Waals surface area (Å²) in [6, 6.07) is 8.09. The molecule has 0 saturated heterocycles. The molecule has 4 nitrogen and oxygen atoms in total. The summed E-state index contributed by atoms with van der Waals surface area (Å²) in [7, 11) is 0. The first kappa shape index (κ1) is 12.9. The van der Waals surface area contributed by atoms with Crippen LogP contribution >= 0.6 is 23.8 Å². The van der Waals surface area contributed by atoms with Gasteiger partial charge in [-0.2, -0.15) is 5.10 Å². The van der Waals surface area contributed by atoms with E-state index in [-0.39, 0.29) is 5.11 Å². The lowest BCUT2D eigenvalue weighted by Crippen LogP contribution is -2.23. The van der Waals surface area contributed by atoms with Gasteiger partial charge in [-0.15, -0.1) is 11.6 Å². The molecule has 0 saturated carbocycles. The molecule has 2 rings (SSSR count). The molecule has 0 spiro atoms. The number of thiocarbonyl (C=S) groups is 1. The van der Waals surface area contributed by atoms with Gasteiger partial charge in [-0.1, -0.05) is 18.2 Å². The predicted molar refractivity (Wildman–Crippen MR) is 80.2 cm³/mol. The van der Waals surface area contributed by atoms with Crippen molar-refractivity contribution < 1.29 is 0 Å². The van der Waals surface area contributed by atoms with Crippen LogP contribution in [0.2, 0.25) is 0 Å². The number of para-hydroxylation sites is 1. The Labute approximate surface area is 115 Å². The van der Waals surface area contributed by atoms with Gasteiger partial charge >= 0.3 is 0 Å². The number of aryl methyl sites for hydroxylation is 1. The first-order chi connectivity index (χ1) is 8.72. The molecule has 0 aliphatic rings. The van der Waals surface area contributed by atoms with Crippen LogP contribution in [-0.4, -0.2) is 21.8 Å². The maximum atomic E-state index is 5.79. The van der Waals surface area contributed by atoms with Crippen molar-refractivity contribution in [2.75, 3.05) is 5.88 Å². The molecule has 0 radical (unpaired) electrons. The zero-order chi connectivity index (χ0) is 13.0. The van der Waals surface area contributed by atoms with Crippen LogP contribution in [0.25, 0.3) is 10.9 Å².